The average molecular weight is 356 g/mol. The van der Waals surface area contributed by atoms with Gasteiger partial charge in [-0.2, -0.15) is 0 Å². The van der Waals surface area contributed by atoms with Crippen LogP contribution in [0.15, 0.2) is 58.2 Å². The maximum atomic E-state index is 12.1. The Morgan fingerprint density at radius 2 is 1.92 bits per heavy atom. The first-order valence-electron chi connectivity index (χ1n) is 8.97. The Labute approximate surface area is 152 Å². The summed E-state index contributed by atoms with van der Waals surface area (Å²) in [4.78, 5) is 15.7. The number of nitrogens with zero attached hydrogens (tertiary/aromatic N) is 2. The molecule has 3 atom stereocenters. The smallest absolute Gasteiger partial charge is 0.250 e. The first-order chi connectivity index (χ1) is 12.2. The molecule has 1 saturated heterocycles. The fourth-order valence-corrected chi connectivity index (χ4v) is 5.04. The van der Waals surface area contributed by atoms with E-state index >= 15 is 0 Å². The number of aliphatic hydroxyl groups excluding tert-OH is 1. The molecule has 1 fully saturated rings. The van der Waals surface area contributed by atoms with Gasteiger partial charge in [-0.25, -0.2) is 0 Å². The van der Waals surface area contributed by atoms with Gasteiger partial charge in [0.25, 0.3) is 5.56 Å². The molecule has 2 aromatic rings. The second-order valence-corrected chi connectivity index (χ2v) is 8.29. The van der Waals surface area contributed by atoms with Crippen molar-refractivity contribution in [1.29, 1.82) is 0 Å². The van der Waals surface area contributed by atoms with Gasteiger partial charge in [0, 0.05) is 54.5 Å². The van der Waals surface area contributed by atoms with Gasteiger partial charge in [0.05, 0.1) is 6.10 Å². The largest absolute Gasteiger partial charge is 0.391 e. The van der Waals surface area contributed by atoms with Gasteiger partial charge in [-0.15, -0.1) is 11.8 Å². The summed E-state index contributed by atoms with van der Waals surface area (Å²) < 4.78 is 1.96. The van der Waals surface area contributed by atoms with E-state index in [1.54, 1.807) is 17.8 Å². The van der Waals surface area contributed by atoms with Crippen LogP contribution < -0.4 is 5.56 Å². The van der Waals surface area contributed by atoms with Crippen molar-refractivity contribution in [3.8, 4) is 0 Å². The zero-order chi connectivity index (χ0) is 17.2. The summed E-state index contributed by atoms with van der Waals surface area (Å²) in [5, 5.41) is 10.4. The van der Waals surface area contributed by atoms with Crippen LogP contribution in [0.4, 0.5) is 0 Å². The highest BCUT2D eigenvalue weighted by Crippen LogP contribution is 2.35. The van der Waals surface area contributed by atoms with Gasteiger partial charge in [-0.3, -0.25) is 9.69 Å². The number of hydrogen-bond donors (Lipinski definition) is 1. The number of β-amino-alcohol motifs (C(OH)–C–C–N with tert-alkyl or cyclic N) is 1. The van der Waals surface area contributed by atoms with E-state index in [1.165, 1.54) is 10.6 Å². The summed E-state index contributed by atoms with van der Waals surface area (Å²) in [6.45, 7) is 3.44. The normalized spacial score (nSPS) is 23.9. The standard InChI is InChI=1S/C20H24N2O2S/c23-17(14-25-18-5-2-1-3-6-18)13-21-10-15-9-16(12-21)19-7-4-8-20(24)22(19)11-15/h1-8,15-17,23H,9-14H2/t15-,16-,17-/m0/s1. The monoisotopic (exact) mass is 356 g/mol. The van der Waals surface area contributed by atoms with Gasteiger partial charge in [0.2, 0.25) is 0 Å². The van der Waals surface area contributed by atoms with Crippen LogP contribution in [0.3, 0.4) is 0 Å². The molecule has 132 valence electrons. The lowest BCUT2D eigenvalue weighted by Gasteiger charge is -2.43. The van der Waals surface area contributed by atoms with Crippen LogP contribution in [0.2, 0.25) is 0 Å². The Hall–Kier alpha value is -1.56. The van der Waals surface area contributed by atoms with E-state index in [0.29, 0.717) is 24.1 Å². The minimum absolute atomic E-state index is 0.125. The number of fused-ring (bicyclic) bond motifs is 4. The number of pyridine rings is 1. The molecule has 0 radical (unpaired) electrons. The lowest BCUT2D eigenvalue weighted by Crippen LogP contribution is -2.49. The molecule has 0 amide bonds. The predicted molar refractivity (Wildman–Crippen MR) is 101 cm³/mol. The van der Waals surface area contributed by atoms with Crippen LogP contribution in [0.5, 0.6) is 0 Å². The van der Waals surface area contributed by atoms with Crippen molar-refractivity contribution >= 4 is 11.8 Å². The Balaban J connectivity index is 1.36. The fraction of sp³-hybridized carbons (Fsp3) is 0.450. The van der Waals surface area contributed by atoms with Crippen LogP contribution in [-0.4, -0.2) is 46.1 Å². The zero-order valence-electron chi connectivity index (χ0n) is 14.3. The van der Waals surface area contributed by atoms with Crippen molar-refractivity contribution < 1.29 is 5.11 Å². The summed E-state index contributed by atoms with van der Waals surface area (Å²) >= 11 is 1.71. The molecular formula is C20H24N2O2S. The Bertz CT molecular complexity index is 777. The minimum atomic E-state index is -0.331. The highest BCUT2D eigenvalue weighted by molar-refractivity contribution is 7.99. The van der Waals surface area contributed by atoms with E-state index in [-0.39, 0.29) is 11.7 Å². The number of likely N-dealkylation sites (tertiary alicyclic amines) is 1. The first-order valence-corrected chi connectivity index (χ1v) is 9.95. The molecule has 2 bridgehead atoms. The molecule has 25 heavy (non-hydrogen) atoms. The molecular weight excluding hydrogens is 332 g/mol. The van der Waals surface area contributed by atoms with E-state index in [4.69, 9.17) is 0 Å². The fourth-order valence-electron chi connectivity index (χ4n) is 4.20. The Morgan fingerprint density at radius 3 is 2.76 bits per heavy atom. The summed E-state index contributed by atoms with van der Waals surface area (Å²) in [5.41, 5.74) is 1.29. The van der Waals surface area contributed by atoms with Crippen LogP contribution >= 0.6 is 11.8 Å². The van der Waals surface area contributed by atoms with Crippen molar-refractivity contribution in [1.82, 2.24) is 9.47 Å². The Kier molecular flexibility index (Phi) is 4.97. The molecule has 1 aromatic heterocycles. The maximum absolute atomic E-state index is 12.1. The SMILES string of the molecule is O=c1cccc2n1C[C@H]1C[C@H]2CN(C[C@H](O)CSc2ccccc2)C1. The highest BCUT2D eigenvalue weighted by Gasteiger charge is 2.34. The van der Waals surface area contributed by atoms with Crippen molar-refractivity contribution in [2.75, 3.05) is 25.4 Å². The molecule has 0 aliphatic carbocycles. The second kappa shape index (κ2) is 7.36. The van der Waals surface area contributed by atoms with Gasteiger partial charge in [0.1, 0.15) is 0 Å². The minimum Gasteiger partial charge on any atom is -0.391 e. The molecule has 1 aromatic carbocycles. The molecule has 2 aliphatic heterocycles. The van der Waals surface area contributed by atoms with E-state index in [2.05, 4.69) is 23.1 Å². The van der Waals surface area contributed by atoms with Gasteiger partial charge in [0.15, 0.2) is 0 Å². The number of piperidine rings is 1. The van der Waals surface area contributed by atoms with Crippen molar-refractivity contribution in [3.63, 3.8) is 0 Å². The zero-order valence-corrected chi connectivity index (χ0v) is 15.1. The van der Waals surface area contributed by atoms with Crippen LogP contribution in [0.25, 0.3) is 0 Å². The number of rotatable bonds is 5. The third-order valence-corrected chi connectivity index (χ3v) is 6.37. The van der Waals surface area contributed by atoms with Crippen molar-refractivity contribution in [3.05, 3.63) is 64.6 Å². The third-order valence-electron chi connectivity index (χ3n) is 5.21. The molecule has 3 heterocycles. The number of thioether (sulfide) groups is 1. The summed E-state index contributed by atoms with van der Waals surface area (Å²) in [6.07, 6.45) is 0.830. The van der Waals surface area contributed by atoms with Gasteiger partial charge in [-0.1, -0.05) is 24.3 Å². The first kappa shape index (κ1) is 16.9. The van der Waals surface area contributed by atoms with E-state index in [0.717, 1.165) is 26.1 Å². The third kappa shape index (κ3) is 3.84. The summed E-state index contributed by atoms with van der Waals surface area (Å²) in [6, 6.07) is 15.9. The quantitative estimate of drug-likeness (QED) is 0.836. The lowest BCUT2D eigenvalue weighted by molar-refractivity contribution is 0.0717. The molecule has 0 saturated carbocycles. The van der Waals surface area contributed by atoms with Crippen LogP contribution in [0.1, 0.15) is 18.0 Å². The maximum Gasteiger partial charge on any atom is 0.250 e. The summed E-state index contributed by atoms with van der Waals surface area (Å²) in [7, 11) is 0. The molecule has 0 unspecified atom stereocenters. The van der Waals surface area contributed by atoms with E-state index in [1.807, 2.05) is 28.8 Å². The molecule has 1 N–H and O–H groups in total. The highest BCUT2D eigenvalue weighted by atomic mass is 32.2. The summed E-state index contributed by atoms with van der Waals surface area (Å²) in [5.74, 6) is 1.64. The van der Waals surface area contributed by atoms with Crippen LogP contribution in [-0.2, 0) is 6.54 Å². The van der Waals surface area contributed by atoms with Gasteiger partial charge < -0.3 is 9.67 Å². The topological polar surface area (TPSA) is 45.5 Å². The molecule has 0 spiro atoms. The average Bonchev–Trinajstić information content (AvgIpc) is 2.62. The number of benzene rings is 1. The number of aliphatic hydroxyl groups is 1. The molecule has 5 heteroatoms. The number of aromatic nitrogens is 1. The lowest BCUT2D eigenvalue weighted by atomic mass is 9.83. The molecule has 4 nitrogen and oxygen atoms in total. The second-order valence-electron chi connectivity index (χ2n) is 7.19. The number of hydrogen-bond acceptors (Lipinski definition) is 4. The van der Waals surface area contributed by atoms with Crippen molar-refractivity contribution in [2.45, 2.75) is 29.9 Å². The predicted octanol–water partition coefficient (Wildman–Crippen LogP) is 2.42. The van der Waals surface area contributed by atoms with Gasteiger partial charge >= 0.3 is 0 Å². The van der Waals surface area contributed by atoms with Crippen molar-refractivity contribution in [2.24, 2.45) is 5.92 Å². The molecule has 4 rings (SSSR count). The van der Waals surface area contributed by atoms with E-state index in [9.17, 15) is 9.90 Å². The van der Waals surface area contributed by atoms with Crippen LogP contribution in [0, 0.1) is 5.92 Å². The van der Waals surface area contributed by atoms with E-state index < -0.39 is 0 Å². The Morgan fingerprint density at radius 1 is 1.08 bits per heavy atom. The molecule has 2 aliphatic rings. The van der Waals surface area contributed by atoms with Gasteiger partial charge in [-0.05, 0) is 30.5 Å².